The number of benzene rings is 2. The van der Waals surface area contributed by atoms with Crippen LogP contribution in [0.2, 0.25) is 10.0 Å². The second kappa shape index (κ2) is 10.7. The molecule has 0 aliphatic carbocycles. The highest BCUT2D eigenvalue weighted by atomic mass is 35.5. The number of nitrogens with zero attached hydrogens (tertiary/aromatic N) is 1. The predicted octanol–water partition coefficient (Wildman–Crippen LogP) is 6.56. The molecule has 2 aromatic rings. The van der Waals surface area contributed by atoms with Gasteiger partial charge in [0.05, 0.1) is 10.6 Å². The Morgan fingerprint density at radius 3 is 2.39 bits per heavy atom. The maximum absolute atomic E-state index is 14.9. The highest BCUT2D eigenvalue weighted by Gasteiger charge is 2.38. The molecule has 1 atom stereocenters. The van der Waals surface area contributed by atoms with Gasteiger partial charge in [-0.3, -0.25) is 4.79 Å². The smallest absolute Gasteiger partial charge is 0.489 e. The van der Waals surface area contributed by atoms with Gasteiger partial charge in [0.2, 0.25) is 0 Å². The summed E-state index contributed by atoms with van der Waals surface area (Å²) in [4.78, 5) is 26.8. The van der Waals surface area contributed by atoms with E-state index in [0.29, 0.717) is 12.8 Å². The van der Waals surface area contributed by atoms with Crippen molar-refractivity contribution in [3.05, 3.63) is 57.3 Å². The molecule has 0 bridgehead atoms. The van der Waals surface area contributed by atoms with E-state index < -0.39 is 41.4 Å². The zero-order valence-electron chi connectivity index (χ0n) is 19.5. The van der Waals surface area contributed by atoms with Gasteiger partial charge in [0.15, 0.2) is 0 Å². The van der Waals surface area contributed by atoms with Crippen molar-refractivity contribution in [3.63, 3.8) is 0 Å². The number of esters is 1. The summed E-state index contributed by atoms with van der Waals surface area (Å²) in [5, 5.41) is -0.316. The first kappa shape index (κ1) is 27.9. The van der Waals surface area contributed by atoms with Gasteiger partial charge in [0, 0.05) is 23.2 Å². The number of likely N-dealkylation sites (tertiary alicyclic amines) is 1. The number of amides is 1. The van der Waals surface area contributed by atoms with Crippen molar-refractivity contribution in [1.82, 2.24) is 4.90 Å². The topological polar surface area (TPSA) is 65.1 Å². The molecule has 0 saturated carbocycles. The average Bonchev–Trinajstić information content (AvgIpc) is 3.23. The summed E-state index contributed by atoms with van der Waals surface area (Å²) >= 11 is 12.0. The number of ether oxygens (including phenoxy) is 3. The summed E-state index contributed by atoms with van der Waals surface area (Å²) < 4.78 is 66.7. The van der Waals surface area contributed by atoms with Gasteiger partial charge in [-0.15, -0.1) is 13.2 Å². The van der Waals surface area contributed by atoms with Crippen LogP contribution in [0.3, 0.4) is 0 Å². The standard InChI is InChI=1S/C24H23Cl2F4NO5/c1-23(2,3)36-22(33)19-5-4-8-31(19)21(32)15-11-16(25)13(9-18(15)27)12-34-14-6-7-20(17(26)10-14)35-24(28,29)30/h6-7,9-11,19H,4-5,8,12H2,1-3H3/t19-/m0/s1. The lowest BCUT2D eigenvalue weighted by Crippen LogP contribution is -2.43. The van der Waals surface area contributed by atoms with Gasteiger partial charge in [-0.1, -0.05) is 23.2 Å². The Morgan fingerprint density at radius 1 is 1.08 bits per heavy atom. The number of hydrogen-bond acceptors (Lipinski definition) is 5. The second-order valence-corrected chi connectivity index (χ2v) is 9.86. The molecule has 0 aromatic heterocycles. The van der Waals surface area contributed by atoms with Crippen LogP contribution < -0.4 is 9.47 Å². The lowest BCUT2D eigenvalue weighted by atomic mass is 10.1. The van der Waals surface area contributed by atoms with Crippen LogP contribution in [-0.4, -0.2) is 41.3 Å². The lowest BCUT2D eigenvalue weighted by Gasteiger charge is -2.27. The van der Waals surface area contributed by atoms with Crippen LogP contribution in [0.1, 0.15) is 49.5 Å². The third-order valence-corrected chi connectivity index (χ3v) is 5.73. The largest absolute Gasteiger partial charge is 0.573 e. The molecule has 0 unspecified atom stereocenters. The molecule has 0 N–H and O–H groups in total. The van der Waals surface area contributed by atoms with E-state index in [-0.39, 0.29) is 40.1 Å². The summed E-state index contributed by atoms with van der Waals surface area (Å²) in [5.41, 5.74) is -0.862. The fraction of sp³-hybridized carbons (Fsp3) is 0.417. The molecule has 6 nitrogen and oxygen atoms in total. The van der Waals surface area contributed by atoms with E-state index in [1.165, 1.54) is 11.0 Å². The van der Waals surface area contributed by atoms with Crippen LogP contribution in [0, 0.1) is 5.82 Å². The molecule has 1 aliphatic rings. The van der Waals surface area contributed by atoms with Gasteiger partial charge in [-0.05, 0) is 57.9 Å². The van der Waals surface area contributed by atoms with Crippen molar-refractivity contribution >= 4 is 35.1 Å². The normalized spacial score (nSPS) is 16.1. The van der Waals surface area contributed by atoms with Gasteiger partial charge < -0.3 is 19.1 Å². The molecule has 0 spiro atoms. The number of hydrogen-bond donors (Lipinski definition) is 0. The van der Waals surface area contributed by atoms with Crippen LogP contribution in [-0.2, 0) is 16.1 Å². The van der Waals surface area contributed by atoms with Gasteiger partial charge >= 0.3 is 12.3 Å². The minimum Gasteiger partial charge on any atom is -0.489 e. The van der Waals surface area contributed by atoms with Gasteiger partial charge in [-0.2, -0.15) is 0 Å². The summed E-state index contributed by atoms with van der Waals surface area (Å²) in [7, 11) is 0. The number of alkyl halides is 3. The van der Waals surface area contributed by atoms with E-state index >= 15 is 0 Å². The Hall–Kier alpha value is -2.72. The summed E-state index contributed by atoms with van der Waals surface area (Å²) in [6, 6.07) is 4.62. The molecular formula is C24H23Cl2F4NO5. The Bertz CT molecular complexity index is 1150. The monoisotopic (exact) mass is 551 g/mol. The zero-order valence-corrected chi connectivity index (χ0v) is 21.1. The van der Waals surface area contributed by atoms with E-state index in [9.17, 15) is 27.2 Å². The average molecular weight is 552 g/mol. The van der Waals surface area contributed by atoms with Crippen molar-refractivity contribution < 1.29 is 41.4 Å². The van der Waals surface area contributed by atoms with Crippen LogP contribution in [0.5, 0.6) is 11.5 Å². The molecule has 3 rings (SSSR count). The van der Waals surface area contributed by atoms with Crippen LogP contribution in [0.15, 0.2) is 30.3 Å². The van der Waals surface area contributed by atoms with E-state index in [1.54, 1.807) is 20.8 Å². The van der Waals surface area contributed by atoms with Gasteiger partial charge in [0.1, 0.15) is 35.6 Å². The number of carbonyl (C=O) groups excluding carboxylic acids is 2. The maximum atomic E-state index is 14.9. The van der Waals surface area contributed by atoms with Crippen LogP contribution >= 0.6 is 23.2 Å². The third kappa shape index (κ3) is 7.16. The minimum atomic E-state index is -4.90. The first-order chi connectivity index (χ1) is 16.6. The molecule has 1 aliphatic heterocycles. The fourth-order valence-electron chi connectivity index (χ4n) is 3.58. The second-order valence-electron chi connectivity index (χ2n) is 9.04. The molecule has 1 heterocycles. The molecule has 12 heteroatoms. The van der Waals surface area contributed by atoms with Crippen molar-refractivity contribution in [2.45, 2.75) is 58.2 Å². The first-order valence-electron chi connectivity index (χ1n) is 10.8. The summed E-state index contributed by atoms with van der Waals surface area (Å²) in [6.45, 7) is 5.14. The molecule has 1 saturated heterocycles. The Kier molecular flexibility index (Phi) is 8.30. The van der Waals surface area contributed by atoms with Crippen LogP contribution in [0.25, 0.3) is 0 Å². The molecular weight excluding hydrogens is 529 g/mol. The number of carbonyl (C=O) groups is 2. The molecule has 36 heavy (non-hydrogen) atoms. The Balaban J connectivity index is 1.72. The zero-order chi connectivity index (χ0) is 26.8. The highest BCUT2D eigenvalue weighted by molar-refractivity contribution is 6.32. The molecule has 2 aromatic carbocycles. The van der Waals surface area contributed by atoms with E-state index in [4.69, 9.17) is 32.7 Å². The summed E-state index contributed by atoms with van der Waals surface area (Å²) in [6.07, 6.45) is -3.94. The Morgan fingerprint density at radius 2 is 1.78 bits per heavy atom. The lowest BCUT2D eigenvalue weighted by molar-refractivity contribution is -0.274. The quantitative estimate of drug-likeness (QED) is 0.300. The number of rotatable bonds is 6. The van der Waals surface area contributed by atoms with Crippen molar-refractivity contribution in [3.8, 4) is 11.5 Å². The van der Waals surface area contributed by atoms with E-state index in [1.807, 2.05) is 0 Å². The molecule has 0 radical (unpaired) electrons. The van der Waals surface area contributed by atoms with Crippen molar-refractivity contribution in [2.24, 2.45) is 0 Å². The third-order valence-electron chi connectivity index (χ3n) is 5.08. The van der Waals surface area contributed by atoms with Gasteiger partial charge in [-0.25, -0.2) is 9.18 Å². The van der Waals surface area contributed by atoms with Gasteiger partial charge in [0.25, 0.3) is 5.91 Å². The SMILES string of the molecule is CC(C)(C)OC(=O)[C@@H]1CCCN1C(=O)c1cc(Cl)c(COc2ccc(OC(F)(F)F)c(Cl)c2)cc1F. The van der Waals surface area contributed by atoms with E-state index in [0.717, 1.165) is 24.3 Å². The van der Waals surface area contributed by atoms with Crippen LogP contribution in [0.4, 0.5) is 17.6 Å². The highest BCUT2D eigenvalue weighted by Crippen LogP contribution is 2.34. The summed E-state index contributed by atoms with van der Waals surface area (Å²) in [5.74, 6) is -2.64. The molecule has 1 fully saturated rings. The molecule has 1 amide bonds. The molecule has 196 valence electrons. The maximum Gasteiger partial charge on any atom is 0.573 e. The predicted molar refractivity (Wildman–Crippen MR) is 124 cm³/mol. The van der Waals surface area contributed by atoms with Crippen molar-refractivity contribution in [1.29, 1.82) is 0 Å². The minimum absolute atomic E-state index is 0.0240. The van der Waals surface area contributed by atoms with E-state index in [2.05, 4.69) is 4.74 Å². The first-order valence-corrected chi connectivity index (χ1v) is 11.6. The Labute approximate surface area is 215 Å². The van der Waals surface area contributed by atoms with Crippen molar-refractivity contribution in [2.75, 3.05) is 6.54 Å². The fourth-order valence-corrected chi connectivity index (χ4v) is 4.01. The number of halogens is 6.